The summed E-state index contributed by atoms with van der Waals surface area (Å²) in [4.78, 5) is 0. The number of halogens is 3. The number of benzene rings is 1. The van der Waals surface area contributed by atoms with E-state index in [-0.39, 0.29) is 5.75 Å². The quantitative estimate of drug-likeness (QED) is 0.590. The van der Waals surface area contributed by atoms with Crippen LogP contribution in [-0.4, -0.2) is 0 Å². The van der Waals surface area contributed by atoms with Crippen molar-refractivity contribution in [3.63, 3.8) is 0 Å². The van der Waals surface area contributed by atoms with E-state index in [1.54, 1.807) is 12.1 Å². The lowest BCUT2D eigenvalue weighted by Crippen LogP contribution is -2.13. The minimum absolute atomic E-state index is 0.101. The fraction of sp³-hybridized carbons (Fsp3) is 0.529. The van der Waals surface area contributed by atoms with Gasteiger partial charge in [0.1, 0.15) is 5.75 Å². The van der Waals surface area contributed by atoms with Crippen LogP contribution in [0.15, 0.2) is 36.4 Å². The van der Waals surface area contributed by atoms with Gasteiger partial charge in [0.25, 0.3) is 0 Å². The van der Waals surface area contributed by atoms with E-state index in [0.29, 0.717) is 5.92 Å². The molecule has 1 nitrogen and oxygen atoms in total. The SMILES string of the molecule is CCC[C@H]1CC[C@H](c2ccc(OC(F)=C(F)F)cc2)CC1. The molecule has 0 aromatic heterocycles. The fourth-order valence-corrected chi connectivity index (χ4v) is 3.14. The molecule has 1 aromatic rings. The van der Waals surface area contributed by atoms with E-state index in [2.05, 4.69) is 11.7 Å². The topological polar surface area (TPSA) is 9.23 Å². The van der Waals surface area contributed by atoms with Gasteiger partial charge in [0, 0.05) is 0 Å². The number of rotatable bonds is 5. The molecule has 0 N–H and O–H groups in total. The van der Waals surface area contributed by atoms with Crippen LogP contribution in [0.3, 0.4) is 0 Å². The number of ether oxygens (including phenoxy) is 1. The van der Waals surface area contributed by atoms with E-state index in [1.165, 1.54) is 31.2 Å². The number of hydrogen-bond acceptors (Lipinski definition) is 1. The Hall–Kier alpha value is -1.45. The van der Waals surface area contributed by atoms with Gasteiger partial charge in [0.15, 0.2) is 0 Å². The normalized spacial score (nSPS) is 21.9. The van der Waals surface area contributed by atoms with Gasteiger partial charge in [0.05, 0.1) is 0 Å². The summed E-state index contributed by atoms with van der Waals surface area (Å²) in [5, 5.41) is 0. The van der Waals surface area contributed by atoms with Crippen LogP contribution in [0.4, 0.5) is 13.2 Å². The molecule has 0 radical (unpaired) electrons. The van der Waals surface area contributed by atoms with Crippen molar-refractivity contribution in [2.24, 2.45) is 5.92 Å². The summed E-state index contributed by atoms with van der Waals surface area (Å²) in [6, 6.07) is 4.97. The second-order valence-electron chi connectivity index (χ2n) is 5.71. The lowest BCUT2D eigenvalue weighted by atomic mass is 9.77. The summed E-state index contributed by atoms with van der Waals surface area (Å²) in [5.74, 6) is 1.47. The Labute approximate surface area is 123 Å². The van der Waals surface area contributed by atoms with Crippen molar-refractivity contribution in [3.05, 3.63) is 41.9 Å². The van der Waals surface area contributed by atoms with Crippen LogP contribution < -0.4 is 4.74 Å². The van der Waals surface area contributed by atoms with Crippen molar-refractivity contribution in [2.75, 3.05) is 0 Å². The average Bonchev–Trinajstić information content (AvgIpc) is 2.49. The summed E-state index contributed by atoms with van der Waals surface area (Å²) in [6.45, 7) is 2.22. The standard InChI is InChI=1S/C17H21F3O/c1-2-3-12-4-6-13(7-5-12)14-8-10-15(11-9-14)21-17(20)16(18)19/h8-13H,2-7H2,1H3/t12-,13-. The molecule has 0 saturated heterocycles. The fourth-order valence-electron chi connectivity index (χ4n) is 3.14. The Bertz CT molecular complexity index is 469. The van der Waals surface area contributed by atoms with Crippen LogP contribution in [0.1, 0.15) is 56.9 Å². The molecule has 1 fully saturated rings. The first-order valence-corrected chi connectivity index (χ1v) is 7.58. The van der Waals surface area contributed by atoms with Crippen LogP contribution in [0.25, 0.3) is 0 Å². The largest absolute Gasteiger partial charge is 0.428 e. The van der Waals surface area contributed by atoms with Crippen molar-refractivity contribution in [1.82, 2.24) is 0 Å². The molecule has 1 saturated carbocycles. The summed E-state index contributed by atoms with van der Waals surface area (Å²) in [6.07, 6.45) is 4.94. The van der Waals surface area contributed by atoms with Crippen LogP contribution in [0.5, 0.6) is 5.75 Å². The van der Waals surface area contributed by atoms with Gasteiger partial charge in [-0.3, -0.25) is 0 Å². The third-order valence-electron chi connectivity index (χ3n) is 4.25. The van der Waals surface area contributed by atoms with Crippen molar-refractivity contribution < 1.29 is 17.9 Å². The molecule has 2 rings (SSSR count). The Morgan fingerprint density at radius 1 is 1.05 bits per heavy atom. The lowest BCUT2D eigenvalue weighted by molar-refractivity contribution is 0.241. The second kappa shape index (κ2) is 7.53. The monoisotopic (exact) mass is 298 g/mol. The molecule has 1 aromatic carbocycles. The molecule has 0 aliphatic heterocycles. The van der Waals surface area contributed by atoms with Crippen molar-refractivity contribution >= 4 is 0 Å². The van der Waals surface area contributed by atoms with Crippen LogP contribution in [0, 0.1) is 5.92 Å². The highest BCUT2D eigenvalue weighted by Crippen LogP contribution is 2.37. The van der Waals surface area contributed by atoms with E-state index >= 15 is 0 Å². The highest BCUT2D eigenvalue weighted by Gasteiger charge is 2.21. The summed E-state index contributed by atoms with van der Waals surface area (Å²) in [7, 11) is 0. The molecule has 0 amide bonds. The van der Waals surface area contributed by atoms with Gasteiger partial charge >= 0.3 is 12.1 Å². The van der Waals surface area contributed by atoms with E-state index in [4.69, 9.17) is 0 Å². The molecule has 116 valence electrons. The minimum Gasteiger partial charge on any atom is -0.428 e. The Balaban J connectivity index is 1.92. The maximum Gasteiger partial charge on any atom is 0.344 e. The first-order chi connectivity index (χ1) is 10.1. The first kappa shape index (κ1) is 15.9. The van der Waals surface area contributed by atoms with Gasteiger partial charge in [-0.15, -0.1) is 0 Å². The van der Waals surface area contributed by atoms with Crippen molar-refractivity contribution in [1.29, 1.82) is 0 Å². The molecule has 0 heterocycles. The van der Waals surface area contributed by atoms with E-state index in [9.17, 15) is 13.2 Å². The molecule has 0 spiro atoms. The third kappa shape index (κ3) is 4.51. The van der Waals surface area contributed by atoms with E-state index in [1.807, 2.05) is 12.1 Å². The minimum atomic E-state index is -2.44. The van der Waals surface area contributed by atoms with Gasteiger partial charge in [-0.1, -0.05) is 31.9 Å². The van der Waals surface area contributed by atoms with E-state index in [0.717, 1.165) is 18.8 Å². The summed E-state index contributed by atoms with van der Waals surface area (Å²) >= 11 is 0. The molecular formula is C17H21F3O. The zero-order valence-corrected chi connectivity index (χ0v) is 12.2. The Morgan fingerprint density at radius 3 is 2.19 bits per heavy atom. The lowest BCUT2D eigenvalue weighted by Gasteiger charge is -2.28. The van der Waals surface area contributed by atoms with Crippen LogP contribution >= 0.6 is 0 Å². The third-order valence-corrected chi connectivity index (χ3v) is 4.25. The van der Waals surface area contributed by atoms with Gasteiger partial charge in [-0.05, 0) is 55.2 Å². The number of hydrogen-bond donors (Lipinski definition) is 0. The zero-order valence-electron chi connectivity index (χ0n) is 12.2. The van der Waals surface area contributed by atoms with Gasteiger partial charge in [-0.25, -0.2) is 0 Å². The highest BCUT2D eigenvalue weighted by atomic mass is 19.3. The molecule has 0 atom stereocenters. The Kier molecular flexibility index (Phi) is 5.71. The predicted octanol–water partition coefficient (Wildman–Crippen LogP) is 6.17. The molecule has 21 heavy (non-hydrogen) atoms. The van der Waals surface area contributed by atoms with Crippen LogP contribution in [0.2, 0.25) is 0 Å². The molecule has 0 unspecified atom stereocenters. The van der Waals surface area contributed by atoms with Crippen molar-refractivity contribution in [2.45, 2.75) is 51.4 Å². The summed E-state index contributed by atoms with van der Waals surface area (Å²) < 4.78 is 41.0. The highest BCUT2D eigenvalue weighted by molar-refractivity contribution is 5.30. The van der Waals surface area contributed by atoms with Gasteiger partial charge < -0.3 is 4.74 Å². The van der Waals surface area contributed by atoms with Gasteiger partial charge in [0.2, 0.25) is 0 Å². The predicted molar refractivity (Wildman–Crippen MR) is 77.0 cm³/mol. The summed E-state index contributed by atoms with van der Waals surface area (Å²) in [5.41, 5.74) is 1.18. The average molecular weight is 298 g/mol. The Morgan fingerprint density at radius 2 is 1.67 bits per heavy atom. The first-order valence-electron chi connectivity index (χ1n) is 7.58. The maximum absolute atomic E-state index is 12.7. The molecular weight excluding hydrogens is 277 g/mol. The smallest absolute Gasteiger partial charge is 0.344 e. The van der Waals surface area contributed by atoms with E-state index < -0.39 is 12.1 Å². The molecule has 1 aliphatic carbocycles. The molecule has 4 heteroatoms. The second-order valence-corrected chi connectivity index (χ2v) is 5.71. The zero-order chi connectivity index (χ0) is 15.2. The maximum atomic E-state index is 12.7. The van der Waals surface area contributed by atoms with Crippen molar-refractivity contribution in [3.8, 4) is 5.75 Å². The van der Waals surface area contributed by atoms with Crippen LogP contribution in [-0.2, 0) is 0 Å². The molecule has 1 aliphatic rings. The van der Waals surface area contributed by atoms with Gasteiger partial charge in [-0.2, -0.15) is 13.2 Å². The molecule has 0 bridgehead atoms.